The summed E-state index contributed by atoms with van der Waals surface area (Å²) in [7, 11) is -3.57. The molecule has 0 saturated carbocycles. The number of nitrogens with zero attached hydrogens (tertiary/aromatic N) is 1. The normalized spacial score (nSPS) is 11.3. The largest absolute Gasteiger partial charge is 0.300 e. The molecule has 2 rings (SSSR count). The van der Waals surface area contributed by atoms with Gasteiger partial charge < -0.3 is 0 Å². The van der Waals surface area contributed by atoms with Gasteiger partial charge in [-0.05, 0) is 36.8 Å². The molecule has 0 radical (unpaired) electrons. The highest BCUT2D eigenvalue weighted by molar-refractivity contribution is 7.92. The van der Waals surface area contributed by atoms with Crippen LogP contribution in [0.3, 0.4) is 0 Å². The maximum Gasteiger partial charge on any atom is 0.264 e. The Morgan fingerprint density at radius 3 is 2.19 bits per heavy atom. The zero-order valence-electron chi connectivity index (χ0n) is 11.8. The van der Waals surface area contributed by atoms with E-state index in [4.69, 9.17) is 5.90 Å². The van der Waals surface area contributed by atoms with Gasteiger partial charge in [-0.25, -0.2) is 14.3 Å². The molecule has 0 amide bonds. The van der Waals surface area contributed by atoms with E-state index in [9.17, 15) is 8.42 Å². The average Bonchev–Trinajstić information content (AvgIpc) is 2.50. The van der Waals surface area contributed by atoms with Crippen LogP contribution in [0.4, 0.5) is 5.69 Å². The Kier molecular flexibility index (Phi) is 4.95. The predicted molar refractivity (Wildman–Crippen MR) is 82.1 cm³/mol. The first-order valence-corrected chi connectivity index (χ1v) is 8.02. The second-order valence-corrected chi connectivity index (χ2v) is 6.32. The molecule has 0 heterocycles. The van der Waals surface area contributed by atoms with Gasteiger partial charge in [0.05, 0.1) is 17.2 Å². The minimum Gasteiger partial charge on any atom is -0.300 e. The molecular formula is C15H18N2O3S. The Morgan fingerprint density at radius 1 is 1.05 bits per heavy atom. The molecule has 112 valence electrons. The van der Waals surface area contributed by atoms with Crippen LogP contribution < -0.4 is 10.2 Å². The number of sulfonamides is 1. The third-order valence-corrected chi connectivity index (χ3v) is 5.01. The van der Waals surface area contributed by atoms with Gasteiger partial charge in [0.15, 0.2) is 0 Å². The molecule has 5 nitrogen and oxygen atoms in total. The Morgan fingerprint density at radius 2 is 1.67 bits per heavy atom. The van der Waals surface area contributed by atoms with Crippen molar-refractivity contribution in [3.8, 4) is 0 Å². The SMILES string of the molecule is CCN(c1ccccc1)S(=O)(=O)c1ccc(CON)cc1. The lowest BCUT2D eigenvalue weighted by atomic mass is 10.2. The lowest BCUT2D eigenvalue weighted by Crippen LogP contribution is -2.30. The van der Waals surface area contributed by atoms with Crippen LogP contribution in [0.1, 0.15) is 12.5 Å². The van der Waals surface area contributed by atoms with Crippen LogP contribution in [0.25, 0.3) is 0 Å². The van der Waals surface area contributed by atoms with Crippen molar-refractivity contribution in [1.82, 2.24) is 0 Å². The average molecular weight is 306 g/mol. The lowest BCUT2D eigenvalue weighted by Gasteiger charge is -2.23. The minimum atomic E-state index is -3.57. The van der Waals surface area contributed by atoms with Crippen molar-refractivity contribution in [3.63, 3.8) is 0 Å². The zero-order valence-corrected chi connectivity index (χ0v) is 12.6. The fraction of sp³-hybridized carbons (Fsp3) is 0.200. The molecule has 2 aromatic carbocycles. The van der Waals surface area contributed by atoms with Crippen LogP contribution in [-0.4, -0.2) is 15.0 Å². The first-order valence-electron chi connectivity index (χ1n) is 6.58. The van der Waals surface area contributed by atoms with Gasteiger partial charge in [0.25, 0.3) is 10.0 Å². The number of benzene rings is 2. The minimum absolute atomic E-state index is 0.244. The molecule has 0 spiro atoms. The smallest absolute Gasteiger partial charge is 0.264 e. The lowest BCUT2D eigenvalue weighted by molar-refractivity contribution is 0.124. The molecule has 0 aliphatic rings. The van der Waals surface area contributed by atoms with Crippen LogP contribution >= 0.6 is 0 Å². The van der Waals surface area contributed by atoms with Gasteiger partial charge in [-0.3, -0.25) is 9.14 Å². The third-order valence-electron chi connectivity index (χ3n) is 3.09. The Balaban J connectivity index is 2.35. The van der Waals surface area contributed by atoms with E-state index in [-0.39, 0.29) is 11.5 Å². The van der Waals surface area contributed by atoms with E-state index in [1.165, 1.54) is 4.31 Å². The van der Waals surface area contributed by atoms with Crippen LogP contribution in [0.2, 0.25) is 0 Å². The first-order chi connectivity index (χ1) is 10.1. The van der Waals surface area contributed by atoms with Gasteiger partial charge in [0, 0.05) is 6.54 Å². The summed E-state index contributed by atoms with van der Waals surface area (Å²) in [6.45, 7) is 2.41. The number of anilines is 1. The first kappa shape index (κ1) is 15.5. The number of para-hydroxylation sites is 1. The topological polar surface area (TPSA) is 72.6 Å². The molecule has 0 unspecified atom stereocenters. The van der Waals surface area contributed by atoms with E-state index in [1.54, 1.807) is 43.3 Å². The molecule has 21 heavy (non-hydrogen) atoms. The van der Waals surface area contributed by atoms with Gasteiger partial charge >= 0.3 is 0 Å². The monoisotopic (exact) mass is 306 g/mol. The predicted octanol–water partition coefficient (Wildman–Crippen LogP) is 2.29. The zero-order chi connectivity index (χ0) is 15.3. The van der Waals surface area contributed by atoms with Crippen LogP contribution in [0.5, 0.6) is 0 Å². The molecule has 0 aliphatic carbocycles. The maximum atomic E-state index is 12.7. The fourth-order valence-corrected chi connectivity index (χ4v) is 3.54. The van der Waals surface area contributed by atoms with Crippen molar-refractivity contribution in [3.05, 3.63) is 60.2 Å². The van der Waals surface area contributed by atoms with Crippen molar-refractivity contribution in [2.75, 3.05) is 10.8 Å². The summed E-state index contributed by atoms with van der Waals surface area (Å²) in [5.41, 5.74) is 1.47. The molecule has 6 heteroatoms. The van der Waals surface area contributed by atoms with Crippen molar-refractivity contribution in [2.24, 2.45) is 5.90 Å². The van der Waals surface area contributed by atoms with E-state index in [0.29, 0.717) is 12.2 Å². The van der Waals surface area contributed by atoms with Gasteiger partial charge in [-0.15, -0.1) is 0 Å². The van der Waals surface area contributed by atoms with Crippen LogP contribution in [0.15, 0.2) is 59.5 Å². The molecule has 0 saturated heterocycles. The summed E-state index contributed by atoms with van der Waals surface area (Å²) >= 11 is 0. The second kappa shape index (κ2) is 6.71. The molecule has 2 N–H and O–H groups in total. The summed E-state index contributed by atoms with van der Waals surface area (Å²) in [5, 5.41) is 0. The summed E-state index contributed by atoms with van der Waals surface area (Å²) in [4.78, 5) is 4.78. The molecule has 2 aromatic rings. The Bertz CT molecular complexity index is 670. The molecule has 0 aliphatic heterocycles. The van der Waals surface area contributed by atoms with Gasteiger partial charge in [-0.1, -0.05) is 30.3 Å². The molecule has 0 aromatic heterocycles. The second-order valence-electron chi connectivity index (χ2n) is 4.46. The molecule has 0 bridgehead atoms. The number of rotatable bonds is 6. The van der Waals surface area contributed by atoms with Gasteiger partial charge in [-0.2, -0.15) is 0 Å². The summed E-state index contributed by atoms with van der Waals surface area (Å²) < 4.78 is 26.8. The standard InChI is InChI=1S/C15H18N2O3S/c1-2-17(14-6-4-3-5-7-14)21(18,19)15-10-8-13(9-11-15)12-20-16/h3-11H,2,12,16H2,1H3. The van der Waals surface area contributed by atoms with Crippen molar-refractivity contribution in [2.45, 2.75) is 18.4 Å². The molecule has 0 atom stereocenters. The van der Waals surface area contributed by atoms with E-state index in [0.717, 1.165) is 5.56 Å². The highest BCUT2D eigenvalue weighted by Gasteiger charge is 2.23. The molecular weight excluding hydrogens is 288 g/mol. The van der Waals surface area contributed by atoms with E-state index in [2.05, 4.69) is 4.84 Å². The van der Waals surface area contributed by atoms with Gasteiger partial charge in [0.2, 0.25) is 0 Å². The van der Waals surface area contributed by atoms with Crippen molar-refractivity contribution in [1.29, 1.82) is 0 Å². The number of hydrogen-bond donors (Lipinski definition) is 1. The van der Waals surface area contributed by atoms with Crippen molar-refractivity contribution >= 4 is 15.7 Å². The van der Waals surface area contributed by atoms with E-state index < -0.39 is 10.0 Å². The fourth-order valence-electron chi connectivity index (χ4n) is 2.07. The third kappa shape index (κ3) is 3.41. The maximum absolute atomic E-state index is 12.7. The quantitative estimate of drug-likeness (QED) is 0.831. The van der Waals surface area contributed by atoms with Crippen LogP contribution in [0, 0.1) is 0 Å². The van der Waals surface area contributed by atoms with Crippen molar-refractivity contribution < 1.29 is 13.3 Å². The van der Waals surface area contributed by atoms with E-state index in [1.807, 2.05) is 18.2 Å². The summed E-state index contributed by atoms with van der Waals surface area (Å²) in [6, 6.07) is 15.5. The highest BCUT2D eigenvalue weighted by Crippen LogP contribution is 2.23. The molecule has 0 fully saturated rings. The highest BCUT2D eigenvalue weighted by atomic mass is 32.2. The van der Waals surface area contributed by atoms with E-state index >= 15 is 0 Å². The summed E-state index contributed by atoms with van der Waals surface area (Å²) in [5.74, 6) is 5.00. The summed E-state index contributed by atoms with van der Waals surface area (Å²) in [6.07, 6.45) is 0. The number of hydrogen-bond acceptors (Lipinski definition) is 4. The Labute approximate surface area is 125 Å². The van der Waals surface area contributed by atoms with Gasteiger partial charge in [0.1, 0.15) is 0 Å². The number of nitrogens with two attached hydrogens (primary N) is 1. The van der Waals surface area contributed by atoms with Crippen LogP contribution in [-0.2, 0) is 21.5 Å². The Hall–Kier alpha value is -1.89.